The van der Waals surface area contributed by atoms with E-state index in [2.05, 4.69) is 19.8 Å². The van der Waals surface area contributed by atoms with Crippen LogP contribution in [0.25, 0.3) is 0 Å². The molecule has 0 unspecified atom stereocenters. The molecule has 0 saturated carbocycles. The van der Waals surface area contributed by atoms with Crippen LogP contribution in [-0.2, 0) is 10.0 Å². The van der Waals surface area contributed by atoms with Gasteiger partial charge in [-0.1, -0.05) is 0 Å². The Labute approximate surface area is 148 Å². The first-order chi connectivity index (χ1) is 11.4. The number of thiazole rings is 1. The smallest absolute Gasteiger partial charge is 0.213 e. The number of piperazine rings is 1. The Bertz CT molecular complexity index is 624. The summed E-state index contributed by atoms with van der Waals surface area (Å²) in [6.07, 6.45) is 2.48. The molecule has 0 aliphatic carbocycles. The summed E-state index contributed by atoms with van der Waals surface area (Å²) in [7, 11) is -1.51. The fraction of sp³-hybridized carbons (Fsp3) is 0.714. The molecule has 1 aromatic rings. The average Bonchev–Trinajstić information content (AvgIpc) is 3.13. The van der Waals surface area contributed by atoms with E-state index < -0.39 is 10.0 Å². The Hall–Kier alpha value is -1.39. The Kier molecular flexibility index (Phi) is 6.81. The van der Waals surface area contributed by atoms with Crippen molar-refractivity contribution in [3.05, 3.63) is 11.6 Å². The van der Waals surface area contributed by atoms with Crippen molar-refractivity contribution in [1.82, 2.24) is 14.2 Å². The standard InChI is InChI=1S/C14H26N6O2S2/c1-3-24(21,22)18(2)7-4-5-16-13(15)19-8-10-20(11-9-19)14-17-6-12-23-14/h6,12H,3-5,7-11H2,1-2H3,(H2,15,16). The number of nitrogens with two attached hydrogens (primary N) is 1. The van der Waals surface area contributed by atoms with E-state index in [1.54, 1.807) is 25.3 Å². The van der Waals surface area contributed by atoms with Crippen LogP contribution in [0.1, 0.15) is 13.3 Å². The Morgan fingerprint density at radius 1 is 1.42 bits per heavy atom. The molecule has 24 heavy (non-hydrogen) atoms. The fourth-order valence-corrected chi connectivity index (χ4v) is 3.99. The molecule has 8 nitrogen and oxygen atoms in total. The maximum Gasteiger partial charge on any atom is 0.213 e. The minimum absolute atomic E-state index is 0.123. The van der Waals surface area contributed by atoms with Gasteiger partial charge in [-0.15, -0.1) is 11.3 Å². The summed E-state index contributed by atoms with van der Waals surface area (Å²) < 4.78 is 24.7. The maximum atomic E-state index is 11.7. The predicted molar refractivity (Wildman–Crippen MR) is 99.1 cm³/mol. The normalized spacial score (nSPS) is 16.9. The van der Waals surface area contributed by atoms with Gasteiger partial charge in [-0.2, -0.15) is 0 Å². The van der Waals surface area contributed by atoms with Gasteiger partial charge in [0.2, 0.25) is 10.0 Å². The Morgan fingerprint density at radius 2 is 2.12 bits per heavy atom. The molecule has 2 heterocycles. The van der Waals surface area contributed by atoms with E-state index in [9.17, 15) is 8.42 Å². The lowest BCUT2D eigenvalue weighted by atomic mass is 10.3. The highest BCUT2D eigenvalue weighted by Gasteiger charge is 2.19. The van der Waals surface area contributed by atoms with E-state index in [4.69, 9.17) is 5.73 Å². The summed E-state index contributed by atoms with van der Waals surface area (Å²) in [5, 5.41) is 3.03. The molecule has 1 fully saturated rings. The number of nitrogens with zero attached hydrogens (tertiary/aromatic N) is 5. The molecule has 1 saturated heterocycles. The molecule has 2 N–H and O–H groups in total. The van der Waals surface area contributed by atoms with Crippen LogP contribution < -0.4 is 10.6 Å². The van der Waals surface area contributed by atoms with Crippen molar-refractivity contribution >= 4 is 32.5 Å². The molecule has 136 valence electrons. The first-order valence-corrected chi connectivity index (χ1v) is 10.6. The molecular formula is C14H26N6O2S2. The van der Waals surface area contributed by atoms with Crippen molar-refractivity contribution in [2.75, 3.05) is 57.0 Å². The van der Waals surface area contributed by atoms with Gasteiger partial charge in [0, 0.05) is 57.9 Å². The van der Waals surface area contributed by atoms with Crippen LogP contribution in [-0.4, -0.2) is 80.6 Å². The summed E-state index contributed by atoms with van der Waals surface area (Å²) in [4.78, 5) is 13.0. The number of aromatic nitrogens is 1. The maximum absolute atomic E-state index is 11.7. The highest BCUT2D eigenvalue weighted by atomic mass is 32.2. The average molecular weight is 375 g/mol. The van der Waals surface area contributed by atoms with E-state index in [-0.39, 0.29) is 5.75 Å². The number of sulfonamides is 1. The lowest BCUT2D eigenvalue weighted by Gasteiger charge is -2.35. The first-order valence-electron chi connectivity index (χ1n) is 8.07. The largest absolute Gasteiger partial charge is 0.370 e. The molecule has 0 radical (unpaired) electrons. The van der Waals surface area contributed by atoms with Crippen molar-refractivity contribution in [2.45, 2.75) is 13.3 Å². The van der Waals surface area contributed by atoms with E-state index >= 15 is 0 Å². The van der Waals surface area contributed by atoms with Crippen molar-refractivity contribution in [3.8, 4) is 0 Å². The van der Waals surface area contributed by atoms with Gasteiger partial charge in [-0.3, -0.25) is 4.99 Å². The van der Waals surface area contributed by atoms with Crippen LogP contribution in [0, 0.1) is 0 Å². The topological polar surface area (TPSA) is 95.1 Å². The Balaban J connectivity index is 1.72. The first kappa shape index (κ1) is 18.9. The molecule has 0 amide bonds. The zero-order chi connectivity index (χ0) is 17.6. The van der Waals surface area contributed by atoms with E-state index in [1.165, 1.54) is 4.31 Å². The van der Waals surface area contributed by atoms with E-state index in [0.717, 1.165) is 31.3 Å². The van der Waals surface area contributed by atoms with Crippen LogP contribution >= 0.6 is 11.3 Å². The number of hydrogen-bond donors (Lipinski definition) is 1. The molecule has 2 rings (SSSR count). The number of guanidine groups is 1. The van der Waals surface area contributed by atoms with Gasteiger partial charge in [0.15, 0.2) is 11.1 Å². The third-order valence-corrected chi connectivity index (χ3v) is 6.73. The molecule has 0 atom stereocenters. The third-order valence-electron chi connectivity index (χ3n) is 4.04. The quantitative estimate of drug-likeness (QED) is 0.418. The second-order valence-electron chi connectivity index (χ2n) is 5.60. The lowest BCUT2D eigenvalue weighted by Crippen LogP contribution is -2.51. The summed E-state index contributed by atoms with van der Waals surface area (Å²) in [5.74, 6) is 0.660. The molecule has 1 aromatic heterocycles. The highest BCUT2D eigenvalue weighted by molar-refractivity contribution is 7.89. The molecule has 1 aliphatic heterocycles. The van der Waals surface area contributed by atoms with Crippen molar-refractivity contribution < 1.29 is 8.42 Å². The molecule has 10 heteroatoms. The SMILES string of the molecule is CCS(=O)(=O)N(C)CCCN=C(N)N1CCN(c2nccs2)CC1. The second-order valence-corrected chi connectivity index (χ2v) is 8.84. The van der Waals surface area contributed by atoms with Gasteiger partial charge in [0.1, 0.15) is 0 Å². The molecule has 0 aromatic carbocycles. The number of aliphatic imine (C=N–C) groups is 1. The van der Waals surface area contributed by atoms with Gasteiger partial charge in [0.25, 0.3) is 0 Å². The molecule has 0 spiro atoms. The number of rotatable bonds is 7. The van der Waals surface area contributed by atoms with E-state index in [1.807, 2.05) is 11.6 Å². The van der Waals surface area contributed by atoms with Crippen LogP contribution in [0.5, 0.6) is 0 Å². The van der Waals surface area contributed by atoms with Gasteiger partial charge in [0.05, 0.1) is 5.75 Å². The second kappa shape index (κ2) is 8.63. The Morgan fingerprint density at radius 3 is 2.71 bits per heavy atom. The van der Waals surface area contributed by atoms with E-state index in [0.29, 0.717) is 25.5 Å². The fourth-order valence-electron chi connectivity index (χ4n) is 2.45. The number of hydrogen-bond acceptors (Lipinski definition) is 6. The molecular weight excluding hydrogens is 348 g/mol. The lowest BCUT2D eigenvalue weighted by molar-refractivity contribution is 0.380. The summed E-state index contributed by atoms with van der Waals surface area (Å²) in [6.45, 7) is 6.03. The van der Waals surface area contributed by atoms with Crippen LogP contribution in [0.2, 0.25) is 0 Å². The summed E-state index contributed by atoms with van der Waals surface area (Å²) in [6, 6.07) is 0. The molecule has 1 aliphatic rings. The van der Waals surface area contributed by atoms with Crippen molar-refractivity contribution in [1.29, 1.82) is 0 Å². The number of anilines is 1. The third kappa shape index (κ3) is 5.05. The monoisotopic (exact) mass is 374 g/mol. The highest BCUT2D eigenvalue weighted by Crippen LogP contribution is 2.18. The minimum Gasteiger partial charge on any atom is -0.370 e. The van der Waals surface area contributed by atoms with Gasteiger partial charge in [-0.25, -0.2) is 17.7 Å². The van der Waals surface area contributed by atoms with Crippen LogP contribution in [0.15, 0.2) is 16.6 Å². The molecule has 0 bridgehead atoms. The zero-order valence-corrected chi connectivity index (χ0v) is 15.9. The summed E-state index contributed by atoms with van der Waals surface area (Å²) in [5.41, 5.74) is 6.05. The van der Waals surface area contributed by atoms with Crippen molar-refractivity contribution in [2.24, 2.45) is 10.7 Å². The van der Waals surface area contributed by atoms with Gasteiger partial charge >= 0.3 is 0 Å². The van der Waals surface area contributed by atoms with Crippen LogP contribution in [0.3, 0.4) is 0 Å². The van der Waals surface area contributed by atoms with Crippen molar-refractivity contribution in [3.63, 3.8) is 0 Å². The minimum atomic E-state index is -3.11. The summed E-state index contributed by atoms with van der Waals surface area (Å²) >= 11 is 1.64. The van der Waals surface area contributed by atoms with Gasteiger partial charge < -0.3 is 15.5 Å². The predicted octanol–water partition coefficient (Wildman–Crippen LogP) is 0.251. The zero-order valence-electron chi connectivity index (χ0n) is 14.3. The van der Waals surface area contributed by atoms with Crippen LogP contribution in [0.4, 0.5) is 5.13 Å². The van der Waals surface area contributed by atoms with Gasteiger partial charge in [-0.05, 0) is 13.3 Å².